The van der Waals surface area contributed by atoms with E-state index in [1.54, 1.807) is 12.1 Å². The molecule has 1 atom stereocenters. The summed E-state index contributed by atoms with van der Waals surface area (Å²) in [5.74, 6) is -0.233. The normalized spacial score (nSPS) is 12.4. The summed E-state index contributed by atoms with van der Waals surface area (Å²) in [7, 11) is 1.92. The fourth-order valence-electron chi connectivity index (χ4n) is 2.44. The Morgan fingerprint density at radius 2 is 1.81 bits per heavy atom. The molecule has 0 radical (unpaired) electrons. The molecule has 2 aromatic carbocycles. The average molecular weight is 306 g/mol. The molecule has 0 saturated carbocycles. The molecule has 0 fully saturated rings. The van der Waals surface area contributed by atoms with Crippen molar-refractivity contribution in [3.8, 4) is 0 Å². The number of hydrogen-bond donors (Lipinski definition) is 1. The molecule has 0 aliphatic rings. The lowest BCUT2D eigenvalue weighted by Gasteiger charge is -2.17. The molecule has 0 aliphatic carbocycles. The molecule has 1 nitrogen and oxygen atoms in total. The molecule has 2 aromatic rings. The third-order valence-corrected chi connectivity index (χ3v) is 4.18. The molecule has 0 heterocycles. The SMILES string of the molecule is CNC(Cc1ccc(C)c(C)c1)Cc1ccc(Cl)cc1F. The molecular formula is C18H21ClFN. The maximum atomic E-state index is 13.9. The Balaban J connectivity index is 2.10. The number of halogens is 2. The Morgan fingerprint density at radius 3 is 2.43 bits per heavy atom. The highest BCUT2D eigenvalue weighted by molar-refractivity contribution is 6.30. The van der Waals surface area contributed by atoms with Crippen LogP contribution in [0.5, 0.6) is 0 Å². The van der Waals surface area contributed by atoms with Crippen molar-refractivity contribution in [1.82, 2.24) is 5.32 Å². The van der Waals surface area contributed by atoms with Crippen LogP contribution in [0.25, 0.3) is 0 Å². The van der Waals surface area contributed by atoms with E-state index in [-0.39, 0.29) is 11.9 Å². The first kappa shape index (κ1) is 16.0. The van der Waals surface area contributed by atoms with Crippen LogP contribution in [-0.2, 0) is 12.8 Å². The van der Waals surface area contributed by atoms with Crippen molar-refractivity contribution in [3.05, 3.63) is 69.5 Å². The van der Waals surface area contributed by atoms with Crippen molar-refractivity contribution in [2.75, 3.05) is 7.05 Å². The van der Waals surface area contributed by atoms with Gasteiger partial charge in [0.05, 0.1) is 0 Å². The van der Waals surface area contributed by atoms with E-state index in [2.05, 4.69) is 37.4 Å². The molecule has 1 N–H and O–H groups in total. The van der Waals surface area contributed by atoms with Crippen LogP contribution in [0.2, 0.25) is 5.02 Å². The Morgan fingerprint density at radius 1 is 1.05 bits per heavy atom. The number of benzene rings is 2. The molecule has 0 saturated heterocycles. The summed E-state index contributed by atoms with van der Waals surface area (Å²) in [5.41, 5.74) is 4.55. The van der Waals surface area contributed by atoms with Crippen molar-refractivity contribution < 1.29 is 4.39 Å². The van der Waals surface area contributed by atoms with Gasteiger partial charge in [-0.05, 0) is 68.1 Å². The summed E-state index contributed by atoms with van der Waals surface area (Å²) in [6.45, 7) is 4.23. The predicted octanol–water partition coefficient (Wildman–Crippen LogP) is 4.47. The second-order valence-electron chi connectivity index (χ2n) is 5.55. The van der Waals surface area contributed by atoms with Crippen LogP contribution in [-0.4, -0.2) is 13.1 Å². The van der Waals surface area contributed by atoms with Crippen molar-refractivity contribution >= 4 is 11.6 Å². The van der Waals surface area contributed by atoms with E-state index in [4.69, 9.17) is 11.6 Å². The van der Waals surface area contributed by atoms with Gasteiger partial charge in [0, 0.05) is 11.1 Å². The zero-order valence-electron chi connectivity index (χ0n) is 12.7. The largest absolute Gasteiger partial charge is 0.316 e. The van der Waals surface area contributed by atoms with Crippen LogP contribution in [0.1, 0.15) is 22.3 Å². The standard InChI is InChI=1S/C18H21ClFN/c1-12-4-5-14(8-13(12)2)9-17(21-3)10-15-6-7-16(19)11-18(15)20/h4-8,11,17,21H,9-10H2,1-3H3. The fraction of sp³-hybridized carbons (Fsp3) is 0.333. The topological polar surface area (TPSA) is 12.0 Å². The summed E-state index contributed by atoms with van der Waals surface area (Å²) in [6, 6.07) is 11.6. The number of nitrogens with one attached hydrogen (secondary N) is 1. The second-order valence-corrected chi connectivity index (χ2v) is 5.98. The van der Waals surface area contributed by atoms with Crippen LogP contribution >= 0.6 is 11.6 Å². The summed E-state index contributed by atoms with van der Waals surface area (Å²) in [6.07, 6.45) is 1.52. The summed E-state index contributed by atoms with van der Waals surface area (Å²) < 4.78 is 13.9. The Bertz CT molecular complexity index is 625. The zero-order chi connectivity index (χ0) is 15.4. The lowest BCUT2D eigenvalue weighted by atomic mass is 9.96. The van der Waals surface area contributed by atoms with Gasteiger partial charge in [0.2, 0.25) is 0 Å². The Kier molecular flexibility index (Phi) is 5.38. The van der Waals surface area contributed by atoms with Gasteiger partial charge in [0.25, 0.3) is 0 Å². The first-order chi connectivity index (χ1) is 9.99. The molecule has 0 spiro atoms. The van der Waals surface area contributed by atoms with Crippen LogP contribution in [0.15, 0.2) is 36.4 Å². The Hall–Kier alpha value is -1.38. The maximum Gasteiger partial charge on any atom is 0.127 e. The minimum atomic E-state index is -0.233. The predicted molar refractivity (Wildman–Crippen MR) is 87.6 cm³/mol. The first-order valence-electron chi connectivity index (χ1n) is 7.17. The van der Waals surface area contributed by atoms with E-state index in [0.29, 0.717) is 17.0 Å². The molecule has 3 heteroatoms. The van der Waals surface area contributed by atoms with E-state index in [1.807, 2.05) is 7.05 Å². The highest BCUT2D eigenvalue weighted by Gasteiger charge is 2.12. The number of rotatable bonds is 5. The van der Waals surface area contributed by atoms with Gasteiger partial charge in [-0.1, -0.05) is 35.9 Å². The summed E-state index contributed by atoms with van der Waals surface area (Å²) >= 11 is 5.79. The van der Waals surface area contributed by atoms with Gasteiger partial charge in [-0.2, -0.15) is 0 Å². The molecule has 0 aromatic heterocycles. The van der Waals surface area contributed by atoms with E-state index in [9.17, 15) is 4.39 Å². The summed E-state index contributed by atoms with van der Waals surface area (Å²) in [4.78, 5) is 0. The quantitative estimate of drug-likeness (QED) is 0.859. The van der Waals surface area contributed by atoms with Crippen LogP contribution in [0.3, 0.4) is 0 Å². The highest BCUT2D eigenvalue weighted by atomic mass is 35.5. The fourth-order valence-corrected chi connectivity index (χ4v) is 2.60. The Labute approximate surface area is 131 Å². The van der Waals surface area contributed by atoms with E-state index < -0.39 is 0 Å². The van der Waals surface area contributed by atoms with Gasteiger partial charge in [-0.15, -0.1) is 0 Å². The lowest BCUT2D eigenvalue weighted by molar-refractivity contribution is 0.532. The smallest absolute Gasteiger partial charge is 0.127 e. The van der Waals surface area contributed by atoms with Crippen molar-refractivity contribution in [3.63, 3.8) is 0 Å². The van der Waals surface area contributed by atoms with Gasteiger partial charge in [-0.25, -0.2) is 4.39 Å². The minimum absolute atomic E-state index is 0.197. The maximum absolute atomic E-state index is 13.9. The van der Waals surface area contributed by atoms with Crippen LogP contribution in [0.4, 0.5) is 4.39 Å². The third kappa shape index (κ3) is 4.29. The molecule has 0 bridgehead atoms. The van der Waals surface area contributed by atoms with Gasteiger partial charge >= 0.3 is 0 Å². The minimum Gasteiger partial charge on any atom is -0.316 e. The molecular weight excluding hydrogens is 285 g/mol. The number of hydrogen-bond acceptors (Lipinski definition) is 1. The molecule has 112 valence electrons. The molecule has 0 amide bonds. The molecule has 1 unspecified atom stereocenters. The molecule has 0 aliphatic heterocycles. The monoisotopic (exact) mass is 305 g/mol. The second kappa shape index (κ2) is 7.06. The van der Waals surface area contributed by atoms with Gasteiger partial charge in [0.1, 0.15) is 5.82 Å². The van der Waals surface area contributed by atoms with Crippen molar-refractivity contribution in [2.24, 2.45) is 0 Å². The van der Waals surface area contributed by atoms with E-state index >= 15 is 0 Å². The van der Waals surface area contributed by atoms with E-state index in [0.717, 1.165) is 6.42 Å². The lowest BCUT2D eigenvalue weighted by Crippen LogP contribution is -2.30. The van der Waals surface area contributed by atoms with Crippen molar-refractivity contribution in [2.45, 2.75) is 32.7 Å². The van der Waals surface area contributed by atoms with Gasteiger partial charge in [-0.3, -0.25) is 0 Å². The van der Waals surface area contributed by atoms with E-state index in [1.165, 1.54) is 22.8 Å². The third-order valence-electron chi connectivity index (χ3n) is 3.94. The number of likely N-dealkylation sites (N-methyl/N-ethyl adjacent to an activating group) is 1. The molecule has 2 rings (SSSR count). The summed E-state index contributed by atoms with van der Waals surface area (Å²) in [5, 5.41) is 3.71. The zero-order valence-corrected chi connectivity index (χ0v) is 13.5. The highest BCUT2D eigenvalue weighted by Crippen LogP contribution is 2.18. The first-order valence-corrected chi connectivity index (χ1v) is 7.54. The number of aryl methyl sites for hydroxylation is 2. The van der Waals surface area contributed by atoms with Crippen LogP contribution < -0.4 is 5.32 Å². The molecule has 21 heavy (non-hydrogen) atoms. The van der Waals surface area contributed by atoms with Crippen LogP contribution in [0, 0.1) is 19.7 Å². The van der Waals surface area contributed by atoms with Gasteiger partial charge in [0.15, 0.2) is 0 Å². The van der Waals surface area contributed by atoms with Crippen molar-refractivity contribution in [1.29, 1.82) is 0 Å². The van der Waals surface area contributed by atoms with Gasteiger partial charge < -0.3 is 5.32 Å². The average Bonchev–Trinajstić information content (AvgIpc) is 2.44.